The lowest BCUT2D eigenvalue weighted by Gasteiger charge is -2.14. The standard InChI is InChI=1S/C16H15NO4/c1-10-11(16(19)20)7-5-8-13(10)17-15(18)12-6-3-4-9-14(12)21-2/h3-9H,1-2H3,(H,17,18)(H,19,20)/p-1. The molecule has 1 amide bonds. The van der Waals surface area contributed by atoms with Crippen LogP contribution in [0.4, 0.5) is 5.69 Å². The second-order valence-electron chi connectivity index (χ2n) is 4.42. The number of ether oxygens (including phenoxy) is 1. The second kappa shape index (κ2) is 6.09. The quantitative estimate of drug-likeness (QED) is 0.925. The number of carbonyl (C=O) groups is 2. The van der Waals surface area contributed by atoms with Gasteiger partial charge in [0.2, 0.25) is 0 Å². The Labute approximate surface area is 122 Å². The maximum atomic E-state index is 12.3. The summed E-state index contributed by atoms with van der Waals surface area (Å²) in [6, 6.07) is 11.4. The summed E-state index contributed by atoms with van der Waals surface area (Å²) in [5.74, 6) is -1.20. The molecule has 0 aromatic heterocycles. The summed E-state index contributed by atoms with van der Waals surface area (Å²) in [6.45, 7) is 1.61. The molecule has 2 aromatic carbocycles. The van der Waals surface area contributed by atoms with Crippen molar-refractivity contribution >= 4 is 17.6 Å². The van der Waals surface area contributed by atoms with Crippen LogP contribution < -0.4 is 15.2 Å². The molecule has 0 heterocycles. The molecule has 5 heteroatoms. The fraction of sp³-hybridized carbons (Fsp3) is 0.125. The van der Waals surface area contributed by atoms with Crippen LogP contribution in [0.25, 0.3) is 0 Å². The first-order valence-corrected chi connectivity index (χ1v) is 6.30. The second-order valence-corrected chi connectivity index (χ2v) is 4.42. The topological polar surface area (TPSA) is 78.5 Å². The molecule has 0 bridgehead atoms. The number of methoxy groups -OCH3 is 1. The molecule has 0 radical (unpaired) electrons. The average Bonchev–Trinajstić information content (AvgIpc) is 2.48. The minimum atomic E-state index is -1.28. The Morgan fingerprint density at radius 3 is 2.38 bits per heavy atom. The molecule has 2 aromatic rings. The molecule has 0 saturated carbocycles. The summed E-state index contributed by atoms with van der Waals surface area (Å²) < 4.78 is 5.13. The molecule has 0 fully saturated rings. The van der Waals surface area contributed by atoms with E-state index in [-0.39, 0.29) is 11.5 Å². The number of carboxylic acids is 1. The van der Waals surface area contributed by atoms with Crippen LogP contribution in [0.1, 0.15) is 26.3 Å². The van der Waals surface area contributed by atoms with E-state index in [0.717, 1.165) is 0 Å². The molecule has 1 N–H and O–H groups in total. The minimum Gasteiger partial charge on any atom is -0.545 e. The molecule has 0 spiro atoms. The van der Waals surface area contributed by atoms with E-state index < -0.39 is 5.97 Å². The van der Waals surface area contributed by atoms with Crippen LogP contribution in [0, 0.1) is 6.92 Å². The Kier molecular flexibility index (Phi) is 4.23. The molecule has 21 heavy (non-hydrogen) atoms. The van der Waals surface area contributed by atoms with E-state index in [1.165, 1.54) is 13.2 Å². The number of carboxylic acid groups (broad SMARTS) is 1. The highest BCUT2D eigenvalue weighted by molar-refractivity contribution is 6.07. The van der Waals surface area contributed by atoms with Gasteiger partial charge in [0.05, 0.1) is 18.6 Å². The van der Waals surface area contributed by atoms with E-state index in [0.29, 0.717) is 22.6 Å². The highest BCUT2D eigenvalue weighted by Crippen LogP contribution is 2.22. The first-order valence-electron chi connectivity index (χ1n) is 6.30. The molecular weight excluding hydrogens is 270 g/mol. The Balaban J connectivity index is 2.32. The van der Waals surface area contributed by atoms with Gasteiger partial charge in [0.1, 0.15) is 5.75 Å². The number of nitrogens with one attached hydrogen (secondary N) is 1. The van der Waals surface area contributed by atoms with Crippen molar-refractivity contribution in [1.29, 1.82) is 0 Å². The van der Waals surface area contributed by atoms with E-state index >= 15 is 0 Å². The normalized spacial score (nSPS) is 10.0. The van der Waals surface area contributed by atoms with E-state index in [9.17, 15) is 14.7 Å². The third-order valence-corrected chi connectivity index (χ3v) is 3.15. The van der Waals surface area contributed by atoms with E-state index in [1.54, 1.807) is 43.3 Å². The monoisotopic (exact) mass is 284 g/mol. The van der Waals surface area contributed by atoms with Crippen LogP contribution in [-0.4, -0.2) is 19.0 Å². The molecule has 0 atom stereocenters. The van der Waals surface area contributed by atoms with Gasteiger partial charge >= 0.3 is 0 Å². The van der Waals surface area contributed by atoms with Crippen molar-refractivity contribution < 1.29 is 19.4 Å². The van der Waals surface area contributed by atoms with Gasteiger partial charge in [-0.25, -0.2) is 0 Å². The van der Waals surface area contributed by atoms with Gasteiger partial charge < -0.3 is 20.0 Å². The zero-order chi connectivity index (χ0) is 15.4. The van der Waals surface area contributed by atoms with E-state index in [4.69, 9.17) is 4.74 Å². The van der Waals surface area contributed by atoms with Crippen molar-refractivity contribution in [2.45, 2.75) is 6.92 Å². The maximum Gasteiger partial charge on any atom is 0.259 e. The minimum absolute atomic E-state index is 0.0489. The smallest absolute Gasteiger partial charge is 0.259 e. The van der Waals surface area contributed by atoms with Gasteiger partial charge in [-0.15, -0.1) is 0 Å². The van der Waals surface area contributed by atoms with Crippen molar-refractivity contribution in [3.63, 3.8) is 0 Å². The predicted molar refractivity (Wildman–Crippen MR) is 76.5 cm³/mol. The summed E-state index contributed by atoms with van der Waals surface area (Å²) in [5.41, 5.74) is 1.29. The number of para-hydroxylation sites is 1. The van der Waals surface area contributed by atoms with Crippen LogP contribution in [0.15, 0.2) is 42.5 Å². The predicted octanol–water partition coefficient (Wildman–Crippen LogP) is 1.62. The van der Waals surface area contributed by atoms with Gasteiger partial charge in [-0.1, -0.05) is 24.3 Å². The lowest BCUT2D eigenvalue weighted by Crippen LogP contribution is -2.24. The van der Waals surface area contributed by atoms with Gasteiger partial charge in [0.25, 0.3) is 5.91 Å². The largest absolute Gasteiger partial charge is 0.545 e. The van der Waals surface area contributed by atoms with Crippen molar-refractivity contribution in [2.24, 2.45) is 0 Å². The molecule has 0 aliphatic carbocycles. The van der Waals surface area contributed by atoms with E-state index in [2.05, 4.69) is 5.32 Å². The molecule has 2 rings (SSSR count). The fourth-order valence-corrected chi connectivity index (χ4v) is 2.01. The Bertz CT molecular complexity index is 694. The highest BCUT2D eigenvalue weighted by Gasteiger charge is 2.13. The number of carbonyl (C=O) groups excluding carboxylic acids is 2. The van der Waals surface area contributed by atoms with Gasteiger partial charge in [-0.2, -0.15) is 0 Å². The zero-order valence-corrected chi connectivity index (χ0v) is 11.7. The van der Waals surface area contributed by atoms with Crippen LogP contribution in [0.2, 0.25) is 0 Å². The van der Waals surface area contributed by atoms with E-state index in [1.807, 2.05) is 0 Å². The summed E-state index contributed by atoms with van der Waals surface area (Å²) in [7, 11) is 1.48. The lowest BCUT2D eigenvalue weighted by molar-refractivity contribution is -0.255. The van der Waals surface area contributed by atoms with Crippen LogP contribution >= 0.6 is 0 Å². The number of rotatable bonds is 4. The number of benzene rings is 2. The van der Waals surface area contributed by atoms with Gasteiger partial charge in [0, 0.05) is 11.3 Å². The summed E-state index contributed by atoms with van der Waals surface area (Å²) >= 11 is 0. The van der Waals surface area contributed by atoms with Gasteiger partial charge in [0.15, 0.2) is 0 Å². The third-order valence-electron chi connectivity index (χ3n) is 3.15. The van der Waals surface area contributed by atoms with Crippen molar-refractivity contribution in [3.8, 4) is 5.75 Å². The molecule has 0 unspecified atom stereocenters. The fourth-order valence-electron chi connectivity index (χ4n) is 2.01. The summed E-state index contributed by atoms with van der Waals surface area (Å²) in [5, 5.41) is 13.7. The van der Waals surface area contributed by atoms with Gasteiger partial charge in [-0.05, 0) is 30.7 Å². The first kappa shape index (κ1) is 14.6. The molecular formula is C16H14NO4-. The Morgan fingerprint density at radius 1 is 1.05 bits per heavy atom. The molecule has 0 aliphatic heterocycles. The highest BCUT2D eigenvalue weighted by atomic mass is 16.5. The third kappa shape index (κ3) is 3.02. The molecule has 0 saturated heterocycles. The SMILES string of the molecule is COc1ccccc1C(=O)Nc1cccc(C(=O)[O-])c1C. The number of hydrogen-bond donors (Lipinski definition) is 1. The molecule has 0 aliphatic rings. The summed E-state index contributed by atoms with van der Waals surface area (Å²) in [6.07, 6.45) is 0. The van der Waals surface area contributed by atoms with Crippen LogP contribution in [0.5, 0.6) is 5.75 Å². The van der Waals surface area contributed by atoms with Gasteiger partial charge in [-0.3, -0.25) is 4.79 Å². The number of aromatic carboxylic acids is 1. The lowest BCUT2D eigenvalue weighted by atomic mass is 10.1. The van der Waals surface area contributed by atoms with Crippen LogP contribution in [0.3, 0.4) is 0 Å². The maximum absolute atomic E-state index is 12.3. The molecule has 5 nitrogen and oxygen atoms in total. The number of anilines is 1. The zero-order valence-electron chi connectivity index (χ0n) is 11.7. The van der Waals surface area contributed by atoms with Crippen LogP contribution in [-0.2, 0) is 0 Å². The summed E-state index contributed by atoms with van der Waals surface area (Å²) in [4.78, 5) is 23.3. The first-order chi connectivity index (χ1) is 10.0. The number of hydrogen-bond acceptors (Lipinski definition) is 4. The average molecular weight is 284 g/mol. The van der Waals surface area contributed by atoms with Crippen molar-refractivity contribution in [1.82, 2.24) is 0 Å². The van der Waals surface area contributed by atoms with Crippen molar-refractivity contribution in [2.75, 3.05) is 12.4 Å². The molecule has 108 valence electrons. The Morgan fingerprint density at radius 2 is 1.71 bits per heavy atom. The Hall–Kier alpha value is -2.82. The van der Waals surface area contributed by atoms with Crippen molar-refractivity contribution in [3.05, 3.63) is 59.2 Å². The number of amides is 1.